The molecule has 1 amide bonds. The summed E-state index contributed by atoms with van der Waals surface area (Å²) < 4.78 is 47.0. The molecule has 12 heteroatoms. The average molecular weight is 494 g/mol. The van der Waals surface area contributed by atoms with E-state index in [2.05, 4.69) is 31.1 Å². The van der Waals surface area contributed by atoms with Gasteiger partial charge in [-0.3, -0.25) is 4.79 Å². The van der Waals surface area contributed by atoms with Crippen molar-refractivity contribution in [3.8, 4) is 22.9 Å². The highest BCUT2D eigenvalue weighted by atomic mass is 35.5. The van der Waals surface area contributed by atoms with Gasteiger partial charge in [0.05, 0.1) is 35.5 Å². The molecular formula is C22H19ClF3N5O3. The molecular weight excluding hydrogens is 475 g/mol. The Balaban J connectivity index is 1.52. The molecule has 0 spiro atoms. The van der Waals surface area contributed by atoms with Crippen LogP contribution in [-0.2, 0) is 4.79 Å². The number of aromatic nitrogens is 3. The van der Waals surface area contributed by atoms with Crippen molar-refractivity contribution in [2.45, 2.75) is 18.8 Å². The number of hydrogen-bond donors (Lipinski definition) is 3. The fraction of sp³-hybridized carbons (Fsp3) is 0.318. The normalized spacial score (nSPS) is 23.4. The molecule has 34 heavy (non-hydrogen) atoms. The van der Waals surface area contributed by atoms with Crippen LogP contribution in [-0.4, -0.2) is 40.4 Å². The number of halogens is 4. The summed E-state index contributed by atoms with van der Waals surface area (Å²) in [4.78, 5) is 23.9. The Hall–Kier alpha value is -3.47. The van der Waals surface area contributed by atoms with Crippen molar-refractivity contribution in [1.29, 1.82) is 0 Å². The monoisotopic (exact) mass is 493 g/mol. The van der Waals surface area contributed by atoms with Crippen molar-refractivity contribution >= 4 is 34.4 Å². The summed E-state index contributed by atoms with van der Waals surface area (Å²) in [6.45, 7) is 0. The van der Waals surface area contributed by atoms with Crippen LogP contribution in [0.2, 0.25) is 5.02 Å². The number of hydrogen-bond acceptors (Lipinski definition) is 6. The maximum Gasteiger partial charge on any atom is 0.573 e. The maximum atomic E-state index is 12.6. The Morgan fingerprint density at radius 3 is 2.76 bits per heavy atom. The number of rotatable bonds is 6. The van der Waals surface area contributed by atoms with Crippen LogP contribution in [0.15, 0.2) is 36.5 Å². The topological polar surface area (TPSA) is 115 Å². The summed E-state index contributed by atoms with van der Waals surface area (Å²) in [5.41, 5.74) is 7.39. The van der Waals surface area contributed by atoms with Crippen LogP contribution in [0.4, 0.5) is 18.9 Å². The van der Waals surface area contributed by atoms with Gasteiger partial charge in [-0.05, 0) is 30.4 Å². The highest BCUT2D eigenvalue weighted by Gasteiger charge is 2.47. The van der Waals surface area contributed by atoms with Gasteiger partial charge in [-0.25, -0.2) is 9.97 Å². The lowest BCUT2D eigenvalue weighted by molar-refractivity contribution is -0.274. The lowest BCUT2D eigenvalue weighted by Gasteiger charge is -2.28. The Bertz CT molecular complexity index is 1310. The number of amides is 1. The number of anilines is 1. The number of alkyl halides is 3. The predicted octanol–water partition coefficient (Wildman–Crippen LogP) is 4.27. The first-order valence-electron chi connectivity index (χ1n) is 10.4. The van der Waals surface area contributed by atoms with Crippen LogP contribution in [0.3, 0.4) is 0 Å². The third-order valence-corrected chi connectivity index (χ3v) is 6.52. The van der Waals surface area contributed by atoms with E-state index >= 15 is 0 Å². The van der Waals surface area contributed by atoms with Crippen molar-refractivity contribution in [3.05, 3.63) is 41.6 Å². The lowest BCUT2D eigenvalue weighted by Crippen LogP contribution is -2.41. The minimum Gasteiger partial charge on any atom is -0.496 e. The van der Waals surface area contributed by atoms with Crippen LogP contribution < -0.4 is 20.5 Å². The van der Waals surface area contributed by atoms with Crippen LogP contribution in [0.5, 0.6) is 11.5 Å². The fourth-order valence-corrected chi connectivity index (χ4v) is 5.04. The molecule has 4 atom stereocenters. The van der Waals surface area contributed by atoms with Crippen molar-refractivity contribution in [2.75, 3.05) is 12.4 Å². The van der Waals surface area contributed by atoms with E-state index in [-0.39, 0.29) is 35.5 Å². The first kappa shape index (κ1) is 22.3. The number of benzene rings is 1. The van der Waals surface area contributed by atoms with Gasteiger partial charge in [0.2, 0.25) is 5.91 Å². The zero-order valence-corrected chi connectivity index (χ0v) is 18.4. The molecule has 1 fully saturated rings. The van der Waals surface area contributed by atoms with Crippen LogP contribution in [0.1, 0.15) is 6.42 Å². The molecule has 3 aromatic rings. The molecule has 0 unspecified atom stereocenters. The molecule has 2 aliphatic carbocycles. The average Bonchev–Trinajstić information content (AvgIpc) is 3.48. The van der Waals surface area contributed by atoms with Crippen molar-refractivity contribution in [3.63, 3.8) is 0 Å². The fourth-order valence-electron chi connectivity index (χ4n) is 4.84. The van der Waals surface area contributed by atoms with Crippen LogP contribution in [0.25, 0.3) is 22.6 Å². The third kappa shape index (κ3) is 3.89. The summed E-state index contributed by atoms with van der Waals surface area (Å²) in [5, 5.41) is 3.69. The zero-order chi connectivity index (χ0) is 24.2. The number of imidazole rings is 1. The molecule has 2 aliphatic rings. The molecule has 1 saturated carbocycles. The first-order chi connectivity index (χ1) is 16.1. The minimum absolute atomic E-state index is 0.0788. The van der Waals surface area contributed by atoms with E-state index in [4.69, 9.17) is 22.1 Å². The molecule has 0 radical (unpaired) electrons. The Labute approximate surface area is 196 Å². The molecule has 0 saturated heterocycles. The maximum absolute atomic E-state index is 12.6. The van der Waals surface area contributed by atoms with Gasteiger partial charge in [-0.15, -0.1) is 13.2 Å². The van der Waals surface area contributed by atoms with E-state index in [1.54, 1.807) is 0 Å². The number of carbonyl (C=O) groups excluding carboxylic acids is 1. The van der Waals surface area contributed by atoms with Crippen molar-refractivity contribution < 1.29 is 27.4 Å². The van der Waals surface area contributed by atoms with E-state index in [0.29, 0.717) is 33.3 Å². The summed E-state index contributed by atoms with van der Waals surface area (Å²) in [6.07, 6.45) is 1.53. The van der Waals surface area contributed by atoms with Gasteiger partial charge < -0.3 is 25.5 Å². The Kier molecular flexibility index (Phi) is 5.31. The third-order valence-electron chi connectivity index (χ3n) is 6.23. The molecule has 4 N–H and O–H groups in total. The minimum atomic E-state index is -4.83. The van der Waals surface area contributed by atoms with Gasteiger partial charge in [-0.1, -0.05) is 23.8 Å². The Morgan fingerprint density at radius 2 is 2.06 bits per heavy atom. The standard InChI is InChI=1S/C22H19ClF3N5O3/c1-33-14-7-11(34-22(24,25)26)4-5-12(14)20-30-18-17(13(23)8-28-21(18)31-20)29-16-10-3-2-9(6-10)15(16)19(27)32/h2-5,7-10,15-16H,6H2,1H3,(H2,27,32)(H2,28,29,30,31)/t9-,10+,15+,16-/m1/s1. The SMILES string of the molecule is COc1cc(OC(F)(F)F)ccc1-c1nc2ncc(Cl)c(N[C@H]3[C@@H](C(N)=O)[C@@H]4C=C[C@H]3C4)c2[nH]1. The highest BCUT2D eigenvalue weighted by Crippen LogP contribution is 2.46. The number of carbonyl (C=O) groups is 1. The quantitative estimate of drug-likeness (QED) is 0.442. The summed E-state index contributed by atoms with van der Waals surface area (Å²) in [6, 6.07) is 3.44. The molecule has 0 aliphatic heterocycles. The van der Waals surface area contributed by atoms with Crippen molar-refractivity contribution in [1.82, 2.24) is 15.0 Å². The number of nitrogens with two attached hydrogens (primary N) is 1. The van der Waals surface area contributed by atoms with E-state index in [0.717, 1.165) is 18.6 Å². The van der Waals surface area contributed by atoms with Gasteiger partial charge in [0, 0.05) is 12.1 Å². The van der Waals surface area contributed by atoms with Gasteiger partial charge >= 0.3 is 6.36 Å². The second-order valence-corrected chi connectivity index (χ2v) is 8.63. The smallest absolute Gasteiger partial charge is 0.496 e. The van der Waals surface area contributed by atoms with Gasteiger partial charge in [0.25, 0.3) is 0 Å². The molecule has 1 aromatic carbocycles. The lowest BCUT2D eigenvalue weighted by atomic mass is 9.88. The second kappa shape index (κ2) is 8.08. The number of H-pyrrole nitrogens is 1. The number of primary amides is 1. The van der Waals surface area contributed by atoms with Crippen LogP contribution in [0, 0.1) is 17.8 Å². The largest absolute Gasteiger partial charge is 0.573 e. The first-order valence-corrected chi connectivity index (χ1v) is 10.7. The summed E-state index contributed by atoms with van der Waals surface area (Å²) in [5.74, 6) is -0.545. The molecule has 8 nitrogen and oxygen atoms in total. The van der Waals surface area contributed by atoms with E-state index in [1.165, 1.54) is 19.4 Å². The number of nitrogens with zero attached hydrogens (tertiary/aromatic N) is 2. The second-order valence-electron chi connectivity index (χ2n) is 8.22. The number of pyridine rings is 1. The zero-order valence-electron chi connectivity index (χ0n) is 17.7. The van der Waals surface area contributed by atoms with Gasteiger partial charge in [-0.2, -0.15) is 0 Å². The number of ether oxygens (including phenoxy) is 2. The highest BCUT2D eigenvalue weighted by molar-refractivity contribution is 6.34. The van der Waals surface area contributed by atoms with Gasteiger partial charge in [0.15, 0.2) is 5.65 Å². The number of allylic oxidation sites excluding steroid dienone is 1. The molecule has 178 valence electrons. The molecule has 2 aromatic heterocycles. The molecule has 2 heterocycles. The summed E-state index contributed by atoms with van der Waals surface area (Å²) in [7, 11) is 1.33. The number of fused-ring (bicyclic) bond motifs is 3. The number of methoxy groups -OCH3 is 1. The Morgan fingerprint density at radius 1 is 1.29 bits per heavy atom. The number of aromatic amines is 1. The predicted molar refractivity (Wildman–Crippen MR) is 118 cm³/mol. The van der Waals surface area contributed by atoms with Gasteiger partial charge in [0.1, 0.15) is 22.8 Å². The molecule has 2 bridgehead atoms. The van der Waals surface area contributed by atoms with Crippen LogP contribution >= 0.6 is 11.6 Å². The van der Waals surface area contributed by atoms with E-state index in [9.17, 15) is 18.0 Å². The van der Waals surface area contributed by atoms with Crippen molar-refractivity contribution in [2.24, 2.45) is 23.5 Å². The number of nitrogens with one attached hydrogen (secondary N) is 2. The van der Waals surface area contributed by atoms with E-state index in [1.807, 2.05) is 6.08 Å². The van der Waals surface area contributed by atoms with E-state index < -0.39 is 12.1 Å². The summed E-state index contributed by atoms with van der Waals surface area (Å²) >= 11 is 6.45. The molecule has 5 rings (SSSR count).